The van der Waals surface area contributed by atoms with Crippen LogP contribution in [0.5, 0.6) is 0 Å². The highest BCUT2D eigenvalue weighted by molar-refractivity contribution is 6.30. The number of amides is 1. The Bertz CT molecular complexity index is 853. The van der Waals surface area contributed by atoms with Gasteiger partial charge in [-0.15, -0.1) is 0 Å². The van der Waals surface area contributed by atoms with Crippen molar-refractivity contribution in [2.45, 2.75) is 32.2 Å². The summed E-state index contributed by atoms with van der Waals surface area (Å²) in [5.74, 6) is -1.14. The number of rotatable bonds is 7. The van der Waals surface area contributed by atoms with E-state index < -0.39 is 29.8 Å². The average Bonchev–Trinajstić information content (AvgIpc) is 2.63. The van der Waals surface area contributed by atoms with Gasteiger partial charge in [0.1, 0.15) is 6.23 Å². The van der Waals surface area contributed by atoms with Crippen LogP contribution in [0.25, 0.3) is 0 Å². The van der Waals surface area contributed by atoms with Crippen molar-refractivity contribution in [2.24, 2.45) is 5.73 Å². The first-order valence-electron chi connectivity index (χ1n) is 8.41. The van der Waals surface area contributed by atoms with Crippen molar-refractivity contribution in [2.75, 3.05) is 12.3 Å². The highest BCUT2D eigenvalue weighted by Crippen LogP contribution is 2.20. The number of halogens is 1. The van der Waals surface area contributed by atoms with Gasteiger partial charge in [-0.1, -0.05) is 23.7 Å². The second-order valence-electron chi connectivity index (χ2n) is 6.32. The summed E-state index contributed by atoms with van der Waals surface area (Å²) in [6.07, 6.45) is -0.217. The number of anilines is 1. The van der Waals surface area contributed by atoms with E-state index in [0.717, 1.165) is 0 Å². The van der Waals surface area contributed by atoms with Gasteiger partial charge in [0.2, 0.25) is 5.91 Å². The molecule has 2 rings (SSSR count). The fourth-order valence-corrected chi connectivity index (χ4v) is 2.72. The van der Waals surface area contributed by atoms with E-state index >= 15 is 0 Å². The second-order valence-corrected chi connectivity index (χ2v) is 6.76. The summed E-state index contributed by atoms with van der Waals surface area (Å²) in [4.78, 5) is 26.9. The van der Waals surface area contributed by atoms with Crippen LogP contribution in [0, 0.1) is 6.92 Å². The molecule has 0 spiro atoms. The highest BCUT2D eigenvalue weighted by Gasteiger charge is 2.22. The van der Waals surface area contributed by atoms with Crippen molar-refractivity contribution in [1.82, 2.24) is 15.6 Å². The molecule has 0 saturated carbocycles. The number of carbonyl (C=O) groups excluding carboxylic acids is 1. The number of nitrogens with one attached hydrogen (secondary N) is 3. The quantitative estimate of drug-likeness (QED) is 0.382. The Balaban J connectivity index is 1.93. The Kier molecular flexibility index (Phi) is 6.98. The standard InChI is InChI=1S/C18H24ClN5O3/c1-9-7-22-18(27)14(15(9)21)10(2)16(25)23-8-13(20)24-17(26)11-3-5-12(19)6-4-11/h3-7,10,13,17,24,26H,8,20H2,1-2H3,(H,23,25)(H3,21,22,27). The van der Waals surface area contributed by atoms with Crippen molar-refractivity contribution in [1.29, 1.82) is 0 Å². The molecule has 1 amide bonds. The first-order valence-corrected chi connectivity index (χ1v) is 8.79. The fourth-order valence-electron chi connectivity index (χ4n) is 2.59. The van der Waals surface area contributed by atoms with Gasteiger partial charge in [-0.2, -0.15) is 0 Å². The number of pyridine rings is 1. The third-order valence-corrected chi connectivity index (χ3v) is 4.51. The normalized spacial score (nSPS) is 14.4. The van der Waals surface area contributed by atoms with E-state index in [-0.39, 0.29) is 12.1 Å². The SMILES string of the molecule is Cc1c[nH]c(=O)c(C(C)C(=O)NCC(N)NC(O)c2ccc(Cl)cc2)c1N. The number of carbonyl (C=O) groups is 1. The smallest absolute Gasteiger partial charge is 0.254 e. The molecule has 2 aromatic rings. The zero-order chi connectivity index (χ0) is 20.1. The fraction of sp³-hybridized carbons (Fsp3) is 0.333. The number of aliphatic hydroxyl groups is 1. The lowest BCUT2D eigenvalue weighted by molar-refractivity contribution is -0.122. The van der Waals surface area contributed by atoms with Crippen molar-refractivity contribution in [3.05, 3.63) is 62.5 Å². The monoisotopic (exact) mass is 393 g/mol. The number of hydrogen-bond acceptors (Lipinski definition) is 6. The number of aliphatic hydroxyl groups excluding tert-OH is 1. The van der Waals surface area contributed by atoms with Crippen LogP contribution >= 0.6 is 11.6 Å². The molecule has 8 N–H and O–H groups in total. The number of nitrogens with two attached hydrogens (primary N) is 2. The number of aromatic amines is 1. The third kappa shape index (κ3) is 5.30. The predicted molar refractivity (Wildman–Crippen MR) is 105 cm³/mol. The number of nitrogen functional groups attached to an aromatic ring is 1. The number of benzene rings is 1. The van der Waals surface area contributed by atoms with Gasteiger partial charge in [0.05, 0.1) is 17.6 Å². The maximum absolute atomic E-state index is 12.4. The van der Waals surface area contributed by atoms with Crippen LogP contribution in [-0.4, -0.2) is 28.7 Å². The zero-order valence-electron chi connectivity index (χ0n) is 15.1. The Labute approximate surface area is 161 Å². The Hall–Kier alpha value is -2.39. The summed E-state index contributed by atoms with van der Waals surface area (Å²) in [6, 6.07) is 6.64. The number of aryl methyl sites for hydroxylation is 1. The van der Waals surface area contributed by atoms with Gasteiger partial charge < -0.3 is 26.9 Å². The van der Waals surface area contributed by atoms with Crippen LogP contribution in [0.4, 0.5) is 5.69 Å². The predicted octanol–water partition coefficient (Wildman–Crippen LogP) is 0.704. The topological polar surface area (TPSA) is 146 Å². The van der Waals surface area contributed by atoms with Gasteiger partial charge >= 0.3 is 0 Å². The molecule has 0 bridgehead atoms. The molecule has 0 fully saturated rings. The molecule has 0 radical (unpaired) electrons. The summed E-state index contributed by atoms with van der Waals surface area (Å²) >= 11 is 5.81. The van der Waals surface area contributed by atoms with Gasteiger partial charge in [-0.25, -0.2) is 0 Å². The van der Waals surface area contributed by atoms with E-state index in [2.05, 4.69) is 15.6 Å². The van der Waals surface area contributed by atoms with Gasteiger partial charge in [-0.3, -0.25) is 14.9 Å². The van der Waals surface area contributed by atoms with Crippen molar-refractivity contribution in [3.63, 3.8) is 0 Å². The minimum Gasteiger partial charge on any atom is -0.398 e. The minimum atomic E-state index is -1.01. The maximum atomic E-state index is 12.4. The molecule has 0 saturated heterocycles. The lowest BCUT2D eigenvalue weighted by Gasteiger charge is -2.21. The largest absolute Gasteiger partial charge is 0.398 e. The molecule has 8 nitrogen and oxygen atoms in total. The summed E-state index contributed by atoms with van der Waals surface area (Å²) in [5, 5.41) is 16.1. The zero-order valence-corrected chi connectivity index (χ0v) is 15.9. The molecular formula is C18H24ClN5O3. The molecule has 9 heteroatoms. The van der Waals surface area contributed by atoms with Crippen LogP contribution in [0.3, 0.4) is 0 Å². The van der Waals surface area contributed by atoms with Gasteiger partial charge in [0.15, 0.2) is 0 Å². The molecule has 0 aliphatic rings. The average molecular weight is 394 g/mol. The summed E-state index contributed by atoms with van der Waals surface area (Å²) in [5.41, 5.74) is 13.2. The van der Waals surface area contributed by atoms with Gasteiger partial charge in [-0.05, 0) is 37.1 Å². The molecule has 1 aromatic heterocycles. The minimum absolute atomic E-state index is 0.0530. The van der Waals surface area contributed by atoms with E-state index in [9.17, 15) is 14.7 Å². The van der Waals surface area contributed by atoms with Crippen LogP contribution in [-0.2, 0) is 4.79 Å². The van der Waals surface area contributed by atoms with E-state index in [1.165, 1.54) is 6.20 Å². The molecule has 0 aliphatic carbocycles. The Morgan fingerprint density at radius 2 is 1.96 bits per heavy atom. The number of aromatic nitrogens is 1. The van der Waals surface area contributed by atoms with Gasteiger partial charge in [0, 0.05) is 23.5 Å². The molecule has 1 heterocycles. The van der Waals surface area contributed by atoms with E-state index in [0.29, 0.717) is 21.8 Å². The van der Waals surface area contributed by atoms with E-state index in [4.69, 9.17) is 23.1 Å². The molecule has 1 aromatic carbocycles. The summed E-state index contributed by atoms with van der Waals surface area (Å²) < 4.78 is 0. The van der Waals surface area contributed by atoms with E-state index in [1.54, 1.807) is 38.1 Å². The molecule has 0 aliphatic heterocycles. The maximum Gasteiger partial charge on any atom is 0.254 e. The first kappa shape index (κ1) is 20.9. The van der Waals surface area contributed by atoms with Crippen LogP contribution in [0.15, 0.2) is 35.3 Å². The van der Waals surface area contributed by atoms with Crippen molar-refractivity contribution in [3.8, 4) is 0 Å². The molecule has 27 heavy (non-hydrogen) atoms. The third-order valence-electron chi connectivity index (χ3n) is 4.26. The van der Waals surface area contributed by atoms with Crippen LogP contribution < -0.4 is 27.7 Å². The molecule has 146 valence electrons. The number of H-pyrrole nitrogens is 1. The lowest BCUT2D eigenvalue weighted by atomic mass is 9.98. The Morgan fingerprint density at radius 3 is 2.59 bits per heavy atom. The Morgan fingerprint density at radius 1 is 1.33 bits per heavy atom. The lowest BCUT2D eigenvalue weighted by Crippen LogP contribution is -2.49. The highest BCUT2D eigenvalue weighted by atomic mass is 35.5. The molecular weight excluding hydrogens is 370 g/mol. The van der Waals surface area contributed by atoms with Crippen LogP contribution in [0.1, 0.15) is 35.8 Å². The second kappa shape index (κ2) is 9.01. The van der Waals surface area contributed by atoms with Crippen molar-refractivity contribution < 1.29 is 9.90 Å². The van der Waals surface area contributed by atoms with Gasteiger partial charge in [0.25, 0.3) is 5.56 Å². The van der Waals surface area contributed by atoms with Crippen molar-refractivity contribution >= 4 is 23.2 Å². The van der Waals surface area contributed by atoms with E-state index in [1.807, 2.05) is 0 Å². The summed E-state index contributed by atoms with van der Waals surface area (Å²) in [7, 11) is 0. The molecule has 3 unspecified atom stereocenters. The molecule has 3 atom stereocenters. The summed E-state index contributed by atoms with van der Waals surface area (Å²) in [6.45, 7) is 3.39. The van der Waals surface area contributed by atoms with Crippen LogP contribution in [0.2, 0.25) is 5.02 Å². The first-order chi connectivity index (χ1) is 12.7. The number of hydrogen-bond donors (Lipinski definition) is 6.